The van der Waals surface area contributed by atoms with Crippen molar-refractivity contribution in [1.29, 1.82) is 0 Å². The molecule has 0 atom stereocenters. The molecule has 2 amide bonds. The first-order chi connectivity index (χ1) is 12.6. The Labute approximate surface area is 158 Å². The van der Waals surface area contributed by atoms with Crippen LogP contribution in [0.15, 0.2) is 41.0 Å². The van der Waals surface area contributed by atoms with Gasteiger partial charge in [-0.15, -0.1) is 11.3 Å². The second-order valence-corrected chi connectivity index (χ2v) is 7.79. The Morgan fingerprint density at radius 2 is 2.19 bits per heavy atom. The molecule has 3 heterocycles. The fourth-order valence-corrected chi connectivity index (χ4v) is 4.75. The minimum Gasteiger partial charge on any atom is -0.325 e. The van der Waals surface area contributed by atoms with Gasteiger partial charge >= 0.3 is 0 Å². The molecule has 26 heavy (non-hydrogen) atoms. The Morgan fingerprint density at radius 3 is 3.04 bits per heavy atom. The summed E-state index contributed by atoms with van der Waals surface area (Å²) in [5, 5.41) is 5.72. The molecule has 132 valence electrons. The fraction of sp³-hybridized carbons (Fsp3) is 0.222. The highest BCUT2D eigenvalue weighted by Crippen LogP contribution is 2.31. The van der Waals surface area contributed by atoms with E-state index < -0.39 is 0 Å². The van der Waals surface area contributed by atoms with E-state index in [1.807, 2.05) is 29.6 Å². The molecule has 2 aromatic heterocycles. The molecule has 0 fully saturated rings. The van der Waals surface area contributed by atoms with Crippen molar-refractivity contribution in [2.24, 2.45) is 0 Å². The smallest absolute Gasteiger partial charge is 0.234 e. The van der Waals surface area contributed by atoms with E-state index in [4.69, 9.17) is 0 Å². The molecule has 0 spiro atoms. The number of thiophene rings is 1. The second kappa shape index (κ2) is 7.05. The van der Waals surface area contributed by atoms with Gasteiger partial charge in [-0.05, 0) is 41.6 Å². The van der Waals surface area contributed by atoms with Crippen LogP contribution < -0.4 is 10.2 Å². The van der Waals surface area contributed by atoms with Crippen LogP contribution in [0.5, 0.6) is 0 Å². The molecule has 6 nitrogen and oxygen atoms in total. The molecule has 3 aromatic rings. The van der Waals surface area contributed by atoms with Crippen molar-refractivity contribution in [2.45, 2.75) is 18.4 Å². The van der Waals surface area contributed by atoms with Crippen molar-refractivity contribution < 1.29 is 9.59 Å². The van der Waals surface area contributed by atoms with Crippen LogP contribution >= 0.6 is 23.1 Å². The van der Waals surface area contributed by atoms with Gasteiger partial charge in [0.05, 0.1) is 16.0 Å². The first-order valence-corrected chi connectivity index (χ1v) is 10.0. The number of anilines is 2. The molecular formula is C18H16N4O2S2. The van der Waals surface area contributed by atoms with Gasteiger partial charge in [0, 0.05) is 24.8 Å². The molecule has 0 bridgehead atoms. The van der Waals surface area contributed by atoms with Crippen molar-refractivity contribution in [3.05, 3.63) is 41.5 Å². The lowest BCUT2D eigenvalue weighted by molar-refractivity contribution is -0.116. The Morgan fingerprint density at radius 1 is 1.31 bits per heavy atom. The molecule has 0 unspecified atom stereocenters. The SMILES string of the molecule is CC(=O)N1CCc2cc(NC(=O)CSc3ncnc4ccsc34)ccc21. The number of fused-ring (bicyclic) bond motifs is 2. The van der Waals surface area contributed by atoms with Crippen molar-refractivity contribution in [1.82, 2.24) is 9.97 Å². The van der Waals surface area contributed by atoms with Gasteiger partial charge in [-0.3, -0.25) is 9.59 Å². The number of thioether (sulfide) groups is 1. The molecule has 0 saturated carbocycles. The first-order valence-electron chi connectivity index (χ1n) is 8.14. The van der Waals surface area contributed by atoms with E-state index in [-0.39, 0.29) is 17.6 Å². The maximum absolute atomic E-state index is 12.3. The average Bonchev–Trinajstić information content (AvgIpc) is 3.26. The van der Waals surface area contributed by atoms with Gasteiger partial charge < -0.3 is 10.2 Å². The topological polar surface area (TPSA) is 75.2 Å². The Hall–Kier alpha value is -2.45. The number of rotatable bonds is 4. The molecule has 1 aromatic carbocycles. The summed E-state index contributed by atoms with van der Waals surface area (Å²) < 4.78 is 1.01. The Balaban J connectivity index is 1.41. The molecule has 0 radical (unpaired) electrons. The van der Waals surface area contributed by atoms with E-state index in [1.54, 1.807) is 23.2 Å². The largest absolute Gasteiger partial charge is 0.325 e. The third kappa shape index (κ3) is 3.30. The quantitative estimate of drug-likeness (QED) is 0.552. The zero-order valence-corrected chi connectivity index (χ0v) is 15.7. The lowest BCUT2D eigenvalue weighted by Crippen LogP contribution is -2.25. The number of nitrogens with zero attached hydrogens (tertiary/aromatic N) is 3. The van der Waals surface area contributed by atoms with E-state index in [1.165, 1.54) is 18.1 Å². The van der Waals surface area contributed by atoms with E-state index in [0.29, 0.717) is 6.54 Å². The average molecular weight is 384 g/mol. The van der Waals surface area contributed by atoms with E-state index in [9.17, 15) is 9.59 Å². The Bertz CT molecular complexity index is 1000. The number of carbonyl (C=O) groups is 2. The number of hydrogen-bond donors (Lipinski definition) is 1. The highest BCUT2D eigenvalue weighted by molar-refractivity contribution is 8.00. The first kappa shape index (κ1) is 17.0. The van der Waals surface area contributed by atoms with Crippen LogP contribution in [0.25, 0.3) is 10.2 Å². The number of aromatic nitrogens is 2. The predicted molar refractivity (Wildman–Crippen MR) is 105 cm³/mol. The second-order valence-electron chi connectivity index (χ2n) is 5.91. The monoisotopic (exact) mass is 384 g/mol. The molecule has 4 rings (SSSR count). The van der Waals surface area contributed by atoms with Gasteiger partial charge in [-0.2, -0.15) is 0 Å². The van der Waals surface area contributed by atoms with Gasteiger partial charge in [0.25, 0.3) is 0 Å². The summed E-state index contributed by atoms with van der Waals surface area (Å²) in [4.78, 5) is 34.1. The van der Waals surface area contributed by atoms with Crippen LogP contribution in [-0.2, 0) is 16.0 Å². The highest BCUT2D eigenvalue weighted by Gasteiger charge is 2.22. The van der Waals surface area contributed by atoms with E-state index in [0.717, 1.165) is 38.6 Å². The van der Waals surface area contributed by atoms with Crippen LogP contribution in [-0.4, -0.2) is 34.1 Å². The molecule has 0 aliphatic carbocycles. The standard InChI is InChI=1S/C18H16N4O2S2/c1-11(23)22-6-4-12-8-13(2-3-15(12)22)21-16(24)9-26-18-17-14(5-7-25-17)19-10-20-18/h2-3,5,7-8,10H,4,6,9H2,1H3,(H,21,24). The summed E-state index contributed by atoms with van der Waals surface area (Å²) in [5.74, 6) is 0.238. The van der Waals surface area contributed by atoms with Crippen molar-refractivity contribution in [3.63, 3.8) is 0 Å². The summed E-state index contributed by atoms with van der Waals surface area (Å²) in [6.07, 6.45) is 2.33. The molecular weight excluding hydrogens is 368 g/mol. The minimum atomic E-state index is -0.0836. The highest BCUT2D eigenvalue weighted by atomic mass is 32.2. The third-order valence-corrected chi connectivity index (χ3v) is 6.22. The minimum absolute atomic E-state index is 0.0432. The summed E-state index contributed by atoms with van der Waals surface area (Å²) in [7, 11) is 0. The number of amides is 2. The maximum Gasteiger partial charge on any atom is 0.234 e. The summed E-state index contributed by atoms with van der Waals surface area (Å²) in [6.45, 7) is 2.27. The lowest BCUT2D eigenvalue weighted by Gasteiger charge is -2.15. The Kier molecular flexibility index (Phi) is 4.60. The lowest BCUT2D eigenvalue weighted by atomic mass is 10.1. The zero-order chi connectivity index (χ0) is 18.1. The van der Waals surface area contributed by atoms with Crippen LogP contribution in [0.3, 0.4) is 0 Å². The van der Waals surface area contributed by atoms with Gasteiger partial charge in [-0.1, -0.05) is 11.8 Å². The van der Waals surface area contributed by atoms with Crippen LogP contribution in [0, 0.1) is 0 Å². The zero-order valence-electron chi connectivity index (χ0n) is 14.1. The number of hydrogen-bond acceptors (Lipinski definition) is 6. The molecule has 1 N–H and O–H groups in total. The van der Waals surface area contributed by atoms with Gasteiger partial charge in [-0.25, -0.2) is 9.97 Å². The molecule has 0 saturated heterocycles. The van der Waals surface area contributed by atoms with Crippen molar-refractivity contribution >= 4 is 56.5 Å². The van der Waals surface area contributed by atoms with Crippen molar-refractivity contribution in [3.8, 4) is 0 Å². The van der Waals surface area contributed by atoms with Gasteiger partial charge in [0.15, 0.2) is 0 Å². The summed E-state index contributed by atoms with van der Waals surface area (Å²) in [5.41, 5.74) is 3.68. The van der Waals surface area contributed by atoms with E-state index >= 15 is 0 Å². The normalized spacial score (nSPS) is 13.0. The van der Waals surface area contributed by atoms with Crippen LogP contribution in [0.4, 0.5) is 11.4 Å². The number of carbonyl (C=O) groups excluding carboxylic acids is 2. The van der Waals surface area contributed by atoms with Crippen LogP contribution in [0.2, 0.25) is 0 Å². The predicted octanol–water partition coefficient (Wildman–Crippen LogP) is 3.33. The van der Waals surface area contributed by atoms with Crippen LogP contribution in [0.1, 0.15) is 12.5 Å². The summed E-state index contributed by atoms with van der Waals surface area (Å²) >= 11 is 2.98. The van der Waals surface area contributed by atoms with E-state index in [2.05, 4.69) is 15.3 Å². The summed E-state index contributed by atoms with van der Waals surface area (Å²) in [6, 6.07) is 7.63. The third-order valence-electron chi connectivity index (χ3n) is 4.19. The molecule has 1 aliphatic rings. The molecule has 8 heteroatoms. The maximum atomic E-state index is 12.3. The van der Waals surface area contributed by atoms with Crippen molar-refractivity contribution in [2.75, 3.05) is 22.5 Å². The molecule has 1 aliphatic heterocycles. The number of benzene rings is 1. The van der Waals surface area contributed by atoms with Gasteiger partial charge in [0.1, 0.15) is 11.4 Å². The fourth-order valence-electron chi connectivity index (χ4n) is 3.01. The van der Waals surface area contributed by atoms with Gasteiger partial charge in [0.2, 0.25) is 11.8 Å². The number of nitrogens with one attached hydrogen (secondary N) is 1.